The van der Waals surface area contributed by atoms with Gasteiger partial charge in [0.1, 0.15) is 0 Å². The van der Waals surface area contributed by atoms with Crippen molar-refractivity contribution in [2.45, 2.75) is 36.9 Å². The standard InChI is InChI=1S/C11H16BrClN2/c1-7-3-4-8(12)5-9(7)11-10(13)6-14-15(11)2/h6-9H,3-5H2,1-2H3. The largest absolute Gasteiger partial charge is 0.271 e. The minimum absolute atomic E-state index is 0.545. The van der Waals surface area contributed by atoms with Gasteiger partial charge >= 0.3 is 0 Å². The molecule has 1 heterocycles. The lowest BCUT2D eigenvalue weighted by Gasteiger charge is -2.32. The van der Waals surface area contributed by atoms with Crippen molar-refractivity contribution in [2.24, 2.45) is 13.0 Å². The molecule has 1 aromatic rings. The van der Waals surface area contributed by atoms with Gasteiger partial charge in [0.2, 0.25) is 0 Å². The second kappa shape index (κ2) is 4.46. The topological polar surface area (TPSA) is 17.8 Å². The number of aromatic nitrogens is 2. The minimum Gasteiger partial charge on any atom is -0.271 e. The van der Waals surface area contributed by atoms with Crippen LogP contribution >= 0.6 is 27.5 Å². The normalized spacial score (nSPS) is 31.9. The predicted molar refractivity (Wildman–Crippen MR) is 66.7 cm³/mol. The van der Waals surface area contributed by atoms with Crippen molar-refractivity contribution in [1.82, 2.24) is 9.78 Å². The molecule has 0 radical (unpaired) electrons. The van der Waals surface area contributed by atoms with Gasteiger partial charge in [-0.15, -0.1) is 0 Å². The Labute approximate surface area is 104 Å². The van der Waals surface area contributed by atoms with Crippen LogP contribution in [0.15, 0.2) is 6.20 Å². The first-order valence-corrected chi connectivity index (χ1v) is 6.70. The van der Waals surface area contributed by atoms with Crippen LogP contribution in [0.4, 0.5) is 0 Å². The van der Waals surface area contributed by atoms with Crippen LogP contribution in [-0.2, 0) is 7.05 Å². The monoisotopic (exact) mass is 290 g/mol. The molecule has 2 rings (SSSR count). The van der Waals surface area contributed by atoms with Crippen molar-refractivity contribution >= 4 is 27.5 Å². The second-order valence-corrected chi connectivity index (χ2v) is 6.20. The Morgan fingerprint density at radius 3 is 2.87 bits per heavy atom. The Kier molecular flexibility index (Phi) is 3.41. The average Bonchev–Trinajstić information content (AvgIpc) is 2.51. The third kappa shape index (κ3) is 2.23. The van der Waals surface area contributed by atoms with E-state index in [-0.39, 0.29) is 0 Å². The number of rotatable bonds is 1. The highest BCUT2D eigenvalue weighted by atomic mass is 79.9. The van der Waals surface area contributed by atoms with Crippen LogP contribution in [0.2, 0.25) is 5.02 Å². The van der Waals surface area contributed by atoms with E-state index < -0.39 is 0 Å². The summed E-state index contributed by atoms with van der Waals surface area (Å²) in [5.74, 6) is 1.25. The van der Waals surface area contributed by atoms with E-state index in [1.54, 1.807) is 6.20 Å². The highest BCUT2D eigenvalue weighted by Gasteiger charge is 2.30. The van der Waals surface area contributed by atoms with Gasteiger partial charge in [-0.1, -0.05) is 34.5 Å². The van der Waals surface area contributed by atoms with Gasteiger partial charge in [0, 0.05) is 17.8 Å². The maximum atomic E-state index is 6.19. The van der Waals surface area contributed by atoms with E-state index in [9.17, 15) is 0 Å². The van der Waals surface area contributed by atoms with E-state index in [4.69, 9.17) is 11.6 Å². The number of alkyl halides is 1. The van der Waals surface area contributed by atoms with Crippen molar-refractivity contribution in [1.29, 1.82) is 0 Å². The van der Waals surface area contributed by atoms with Crippen LogP contribution in [0.5, 0.6) is 0 Å². The summed E-state index contributed by atoms with van der Waals surface area (Å²) in [7, 11) is 1.98. The molecule has 0 N–H and O–H groups in total. The van der Waals surface area contributed by atoms with Crippen LogP contribution in [0.1, 0.15) is 37.8 Å². The van der Waals surface area contributed by atoms with Crippen molar-refractivity contribution in [2.75, 3.05) is 0 Å². The zero-order chi connectivity index (χ0) is 11.0. The average molecular weight is 292 g/mol. The molecule has 0 aromatic carbocycles. The molecule has 0 spiro atoms. The SMILES string of the molecule is CC1CCC(Br)CC1c1c(Cl)cnn1C. The number of aryl methyl sites for hydroxylation is 1. The first kappa shape index (κ1) is 11.5. The molecule has 0 bridgehead atoms. The van der Waals surface area contributed by atoms with Crippen molar-refractivity contribution in [3.63, 3.8) is 0 Å². The molecule has 3 unspecified atom stereocenters. The predicted octanol–water partition coefficient (Wildman–Crippen LogP) is 3.74. The molecule has 1 aliphatic rings. The molecule has 0 saturated heterocycles. The fourth-order valence-electron chi connectivity index (χ4n) is 2.49. The number of nitrogens with zero attached hydrogens (tertiary/aromatic N) is 2. The zero-order valence-electron chi connectivity index (χ0n) is 9.08. The summed E-state index contributed by atoms with van der Waals surface area (Å²) in [5, 5.41) is 5.04. The molecular weight excluding hydrogens is 275 g/mol. The summed E-state index contributed by atoms with van der Waals surface area (Å²) in [6, 6.07) is 0. The third-order valence-electron chi connectivity index (χ3n) is 3.42. The quantitative estimate of drug-likeness (QED) is 0.721. The molecule has 1 fully saturated rings. The van der Waals surface area contributed by atoms with E-state index in [2.05, 4.69) is 28.0 Å². The summed E-state index contributed by atoms with van der Waals surface area (Å²) in [5.41, 5.74) is 1.20. The lowest BCUT2D eigenvalue weighted by atomic mass is 9.78. The fraction of sp³-hybridized carbons (Fsp3) is 0.727. The first-order valence-electron chi connectivity index (χ1n) is 5.41. The lowest BCUT2D eigenvalue weighted by Crippen LogP contribution is -2.23. The number of halogens is 2. The molecule has 0 amide bonds. The van der Waals surface area contributed by atoms with Crippen LogP contribution < -0.4 is 0 Å². The van der Waals surface area contributed by atoms with E-state index in [0.717, 1.165) is 5.02 Å². The Bertz CT molecular complexity index is 331. The van der Waals surface area contributed by atoms with Crippen molar-refractivity contribution < 1.29 is 0 Å². The van der Waals surface area contributed by atoms with Gasteiger partial charge in [0.25, 0.3) is 0 Å². The second-order valence-electron chi connectivity index (χ2n) is 4.50. The van der Waals surface area contributed by atoms with Gasteiger partial charge in [-0.25, -0.2) is 0 Å². The molecule has 2 nitrogen and oxygen atoms in total. The molecule has 1 saturated carbocycles. The van der Waals surface area contributed by atoms with Gasteiger partial charge < -0.3 is 0 Å². The Morgan fingerprint density at radius 2 is 2.27 bits per heavy atom. The first-order chi connectivity index (χ1) is 7.09. The lowest BCUT2D eigenvalue weighted by molar-refractivity contribution is 0.327. The van der Waals surface area contributed by atoms with Gasteiger partial charge in [0.15, 0.2) is 0 Å². The van der Waals surface area contributed by atoms with Gasteiger partial charge in [-0.05, 0) is 25.2 Å². The summed E-state index contributed by atoms with van der Waals surface area (Å²) in [4.78, 5) is 0.629. The van der Waals surface area contributed by atoms with Gasteiger partial charge in [-0.2, -0.15) is 5.10 Å². The molecular formula is C11H16BrClN2. The Morgan fingerprint density at radius 1 is 1.53 bits per heavy atom. The number of hydrogen-bond acceptors (Lipinski definition) is 1. The van der Waals surface area contributed by atoms with Crippen LogP contribution in [-0.4, -0.2) is 14.6 Å². The van der Waals surface area contributed by atoms with E-state index in [1.807, 2.05) is 11.7 Å². The summed E-state index contributed by atoms with van der Waals surface area (Å²) < 4.78 is 1.93. The molecule has 1 aromatic heterocycles. The van der Waals surface area contributed by atoms with Crippen LogP contribution in [0, 0.1) is 5.92 Å². The maximum Gasteiger partial charge on any atom is 0.0820 e. The summed E-state index contributed by atoms with van der Waals surface area (Å²) in [6.45, 7) is 2.31. The molecule has 0 aliphatic heterocycles. The molecule has 15 heavy (non-hydrogen) atoms. The van der Waals surface area contributed by atoms with Crippen LogP contribution in [0.25, 0.3) is 0 Å². The van der Waals surface area contributed by atoms with Gasteiger partial charge in [-0.3, -0.25) is 4.68 Å². The van der Waals surface area contributed by atoms with Gasteiger partial charge in [0.05, 0.1) is 16.9 Å². The number of hydrogen-bond donors (Lipinski definition) is 0. The smallest absolute Gasteiger partial charge is 0.0820 e. The van der Waals surface area contributed by atoms with Crippen molar-refractivity contribution in [3.05, 3.63) is 16.9 Å². The van der Waals surface area contributed by atoms with Crippen LogP contribution in [0.3, 0.4) is 0 Å². The minimum atomic E-state index is 0.545. The molecule has 84 valence electrons. The summed E-state index contributed by atoms with van der Waals surface area (Å²) >= 11 is 9.91. The highest BCUT2D eigenvalue weighted by molar-refractivity contribution is 9.09. The van der Waals surface area contributed by atoms with E-state index in [0.29, 0.717) is 16.7 Å². The fourth-order valence-corrected chi connectivity index (χ4v) is 3.46. The summed E-state index contributed by atoms with van der Waals surface area (Å²) in [6.07, 6.45) is 5.46. The highest BCUT2D eigenvalue weighted by Crippen LogP contribution is 2.42. The zero-order valence-corrected chi connectivity index (χ0v) is 11.4. The molecule has 3 atom stereocenters. The van der Waals surface area contributed by atoms with Crippen molar-refractivity contribution in [3.8, 4) is 0 Å². The molecule has 1 aliphatic carbocycles. The van der Waals surface area contributed by atoms with E-state index in [1.165, 1.54) is 25.0 Å². The Balaban J connectivity index is 2.28. The molecule has 4 heteroatoms. The van der Waals surface area contributed by atoms with E-state index >= 15 is 0 Å². The maximum absolute atomic E-state index is 6.19. The Hall–Kier alpha value is -0.0200. The third-order valence-corrected chi connectivity index (χ3v) is 4.54.